The van der Waals surface area contributed by atoms with Crippen LogP contribution in [0.3, 0.4) is 0 Å². The van der Waals surface area contributed by atoms with Crippen molar-refractivity contribution in [2.75, 3.05) is 0 Å². The molecule has 1 rings (SSSR count). The van der Waals surface area contributed by atoms with Gasteiger partial charge in [-0.15, -0.1) is 0 Å². The second kappa shape index (κ2) is 12.7. The Morgan fingerprint density at radius 3 is 2.08 bits per heavy atom. The van der Waals surface area contributed by atoms with Crippen LogP contribution in [-0.4, -0.2) is 33.5 Å². The maximum Gasteiger partial charge on any atom is 0.303 e. The predicted octanol–water partition coefficient (Wildman–Crippen LogP) is 4.01. The van der Waals surface area contributed by atoms with Crippen molar-refractivity contribution in [2.45, 2.75) is 64.1 Å². The van der Waals surface area contributed by atoms with Gasteiger partial charge in [-0.05, 0) is 50.4 Å². The fraction of sp³-hybridized carbons (Fsp3) is 0.571. The van der Waals surface area contributed by atoms with E-state index < -0.39 is 12.1 Å². The minimum Gasteiger partial charge on any atom is -0.481 e. The third kappa shape index (κ3) is 11.5. The number of rotatable bonds is 13. The largest absolute Gasteiger partial charge is 0.481 e. The number of allylic oxidation sites excluding steroid dienone is 6. The predicted molar refractivity (Wildman–Crippen MR) is 101 cm³/mol. The van der Waals surface area contributed by atoms with Crippen molar-refractivity contribution in [1.29, 1.82) is 0 Å². The summed E-state index contributed by atoms with van der Waals surface area (Å²) in [6.45, 7) is 1.95. The molecule has 4 heteroatoms. The summed E-state index contributed by atoms with van der Waals surface area (Å²) in [7, 11) is 0. The van der Waals surface area contributed by atoms with Crippen molar-refractivity contribution < 1.29 is 20.1 Å². The topological polar surface area (TPSA) is 77.8 Å². The fourth-order valence-electron chi connectivity index (χ4n) is 2.63. The molecule has 0 bridgehead atoms. The molecular formula is C21H32O4. The van der Waals surface area contributed by atoms with E-state index >= 15 is 0 Å². The first-order valence-corrected chi connectivity index (χ1v) is 9.27. The molecule has 4 atom stereocenters. The Morgan fingerprint density at radius 2 is 1.56 bits per heavy atom. The molecule has 0 saturated heterocycles. The number of aliphatic hydroxyl groups excluding tert-OH is 2. The second-order valence-corrected chi connectivity index (χ2v) is 6.68. The van der Waals surface area contributed by atoms with Crippen molar-refractivity contribution in [3.8, 4) is 0 Å². The summed E-state index contributed by atoms with van der Waals surface area (Å²) in [6.07, 6.45) is 19.9. The Bertz CT molecular complexity index is 490. The average molecular weight is 348 g/mol. The highest BCUT2D eigenvalue weighted by Gasteiger charge is 2.34. The lowest BCUT2D eigenvalue weighted by Gasteiger charge is -2.02. The number of carboxylic acids is 1. The molecule has 0 unspecified atom stereocenters. The molecule has 0 radical (unpaired) electrons. The van der Waals surface area contributed by atoms with Gasteiger partial charge < -0.3 is 15.3 Å². The van der Waals surface area contributed by atoms with Gasteiger partial charge in [0.05, 0.1) is 12.2 Å². The molecule has 1 aliphatic rings. The molecule has 0 aromatic carbocycles. The van der Waals surface area contributed by atoms with E-state index in [1.54, 1.807) is 6.08 Å². The molecular weight excluding hydrogens is 316 g/mol. The van der Waals surface area contributed by atoms with Crippen LogP contribution in [0.4, 0.5) is 0 Å². The number of aliphatic carboxylic acids is 1. The van der Waals surface area contributed by atoms with Gasteiger partial charge in [0.15, 0.2) is 0 Å². The van der Waals surface area contributed by atoms with Crippen LogP contribution in [0.5, 0.6) is 0 Å². The molecule has 0 aromatic heterocycles. The molecule has 3 N–H and O–H groups in total. The first kappa shape index (κ1) is 21.4. The van der Waals surface area contributed by atoms with Crippen molar-refractivity contribution in [3.63, 3.8) is 0 Å². The van der Waals surface area contributed by atoms with Crippen molar-refractivity contribution in [3.05, 3.63) is 48.6 Å². The number of carboxylic acid groups (broad SMARTS) is 1. The van der Waals surface area contributed by atoms with Gasteiger partial charge >= 0.3 is 5.97 Å². The summed E-state index contributed by atoms with van der Waals surface area (Å²) in [5.41, 5.74) is 0. The maximum absolute atomic E-state index is 10.4. The molecule has 1 saturated carbocycles. The van der Waals surface area contributed by atoms with E-state index in [1.807, 2.05) is 37.3 Å². The molecule has 0 amide bonds. The smallest absolute Gasteiger partial charge is 0.303 e. The molecule has 140 valence electrons. The van der Waals surface area contributed by atoms with Crippen molar-refractivity contribution in [1.82, 2.24) is 0 Å². The summed E-state index contributed by atoms with van der Waals surface area (Å²) in [4.78, 5) is 10.4. The number of carbonyl (C=O) groups is 1. The van der Waals surface area contributed by atoms with Crippen LogP contribution in [0.15, 0.2) is 48.6 Å². The molecule has 0 aliphatic heterocycles. The average Bonchev–Trinajstić information content (AvgIpc) is 3.31. The van der Waals surface area contributed by atoms with E-state index in [1.165, 1.54) is 6.42 Å². The summed E-state index contributed by atoms with van der Waals surface area (Å²) in [6, 6.07) is 0. The zero-order chi connectivity index (χ0) is 18.5. The lowest BCUT2D eigenvalue weighted by molar-refractivity contribution is -0.137. The second-order valence-electron chi connectivity index (χ2n) is 6.68. The molecule has 1 aliphatic carbocycles. The quantitative estimate of drug-likeness (QED) is 0.439. The van der Waals surface area contributed by atoms with Crippen LogP contribution in [0, 0.1) is 11.8 Å². The number of aliphatic hydroxyl groups is 2. The lowest BCUT2D eigenvalue weighted by atomic mass is 10.1. The van der Waals surface area contributed by atoms with Crippen LogP contribution in [0.25, 0.3) is 0 Å². The van der Waals surface area contributed by atoms with Crippen molar-refractivity contribution in [2.24, 2.45) is 11.8 Å². The monoisotopic (exact) mass is 348 g/mol. The van der Waals surface area contributed by atoms with Gasteiger partial charge in [0.25, 0.3) is 0 Å². The van der Waals surface area contributed by atoms with Gasteiger partial charge in [0.1, 0.15) is 0 Å². The third-order valence-electron chi connectivity index (χ3n) is 4.42. The first-order valence-electron chi connectivity index (χ1n) is 9.27. The Kier molecular flexibility index (Phi) is 10.8. The zero-order valence-corrected chi connectivity index (χ0v) is 15.1. The maximum atomic E-state index is 10.4. The summed E-state index contributed by atoms with van der Waals surface area (Å²) in [5.74, 6) is 0.690. The van der Waals surface area contributed by atoms with E-state index in [4.69, 9.17) is 5.11 Å². The van der Waals surface area contributed by atoms with Gasteiger partial charge in [-0.2, -0.15) is 0 Å². The molecule has 0 spiro atoms. The first-order chi connectivity index (χ1) is 12.0. The summed E-state index contributed by atoms with van der Waals surface area (Å²) >= 11 is 0. The summed E-state index contributed by atoms with van der Waals surface area (Å²) in [5, 5.41) is 27.6. The van der Waals surface area contributed by atoms with Crippen LogP contribution in [0.1, 0.15) is 51.9 Å². The zero-order valence-electron chi connectivity index (χ0n) is 15.1. The summed E-state index contributed by atoms with van der Waals surface area (Å²) < 4.78 is 0. The Hall–Kier alpha value is -1.65. The standard InChI is InChI=1S/C21H32O4/c1-2-19(22)12-7-3-5-10-17-16-18(17)11-6-4-8-13-20(23)14-9-15-21(24)25/h3-8,12-13,17-20,22-23H,2,9-11,14-16H2,1H3,(H,24,25)/b5-3-,6-4-,12-7+,13-8+/t17-,18+,19-,20-/m1/s1. The minimum absolute atomic E-state index is 0.104. The molecule has 4 nitrogen and oxygen atoms in total. The molecule has 1 fully saturated rings. The van der Waals surface area contributed by atoms with E-state index in [0.29, 0.717) is 12.8 Å². The lowest BCUT2D eigenvalue weighted by Crippen LogP contribution is -2.03. The van der Waals surface area contributed by atoms with Crippen LogP contribution < -0.4 is 0 Å². The highest BCUT2D eigenvalue weighted by molar-refractivity contribution is 5.66. The van der Waals surface area contributed by atoms with Gasteiger partial charge in [0.2, 0.25) is 0 Å². The molecule has 0 heterocycles. The van der Waals surface area contributed by atoms with Gasteiger partial charge in [-0.3, -0.25) is 4.79 Å². The van der Waals surface area contributed by atoms with Gasteiger partial charge in [0, 0.05) is 6.42 Å². The SMILES string of the molecule is CC[C@@H](O)/C=C/C=C\C[C@@H]1C[C@@H]1C/C=C\C=C\[C@@H](O)CCCC(=O)O. The normalized spacial score (nSPS) is 23.2. The van der Waals surface area contributed by atoms with E-state index in [0.717, 1.165) is 31.1 Å². The third-order valence-corrected chi connectivity index (χ3v) is 4.42. The highest BCUT2D eigenvalue weighted by Crippen LogP contribution is 2.44. The number of hydrogen-bond donors (Lipinski definition) is 3. The molecule has 25 heavy (non-hydrogen) atoms. The number of hydrogen-bond acceptors (Lipinski definition) is 3. The van der Waals surface area contributed by atoms with Gasteiger partial charge in [-0.25, -0.2) is 0 Å². The minimum atomic E-state index is -0.820. The molecule has 0 aromatic rings. The Morgan fingerprint density at radius 1 is 1.00 bits per heavy atom. The fourth-order valence-corrected chi connectivity index (χ4v) is 2.63. The van der Waals surface area contributed by atoms with Crippen LogP contribution in [-0.2, 0) is 4.79 Å². The van der Waals surface area contributed by atoms with E-state index in [-0.39, 0.29) is 12.5 Å². The van der Waals surface area contributed by atoms with Crippen molar-refractivity contribution >= 4 is 5.97 Å². The van der Waals surface area contributed by atoms with E-state index in [2.05, 4.69) is 12.2 Å². The van der Waals surface area contributed by atoms with Crippen LogP contribution in [0.2, 0.25) is 0 Å². The van der Waals surface area contributed by atoms with Crippen LogP contribution >= 0.6 is 0 Å². The Labute approximate surface area is 151 Å². The highest BCUT2D eigenvalue weighted by atomic mass is 16.4. The Balaban J connectivity index is 2.08. The van der Waals surface area contributed by atoms with E-state index in [9.17, 15) is 15.0 Å². The van der Waals surface area contributed by atoms with Gasteiger partial charge in [-0.1, -0.05) is 55.5 Å².